The van der Waals surface area contributed by atoms with Gasteiger partial charge in [-0.05, 0) is 45.2 Å². The minimum atomic E-state index is -0.562. The van der Waals surface area contributed by atoms with E-state index in [1.54, 1.807) is 12.1 Å². The first-order valence-electron chi connectivity index (χ1n) is 8.76. The molecule has 0 saturated heterocycles. The summed E-state index contributed by atoms with van der Waals surface area (Å²) in [4.78, 5) is 40.5. The average molecular weight is 354 g/mol. The van der Waals surface area contributed by atoms with Gasteiger partial charge < -0.3 is 0 Å². The average Bonchev–Trinajstić information content (AvgIpc) is 2.50. The number of allylic oxidation sites excluding steroid dienone is 1. The molecule has 0 bridgehead atoms. The summed E-state index contributed by atoms with van der Waals surface area (Å²) in [6.45, 7) is 13.5. The summed E-state index contributed by atoms with van der Waals surface area (Å²) in [5, 5.41) is 0. The molecule has 2 rings (SSSR count). The van der Waals surface area contributed by atoms with Crippen molar-refractivity contribution in [3.05, 3.63) is 79.1 Å². The van der Waals surface area contributed by atoms with Gasteiger partial charge in [0.2, 0.25) is 5.78 Å². The summed E-state index contributed by atoms with van der Waals surface area (Å²) in [5.74, 6) is -0.495. The molecule has 5 heteroatoms. The molecular weight excluding hydrogens is 328 g/mol. The molecule has 1 N–H and O–H groups in total. The van der Waals surface area contributed by atoms with Crippen LogP contribution in [0.4, 0.5) is 0 Å². The van der Waals surface area contributed by atoms with E-state index in [1.807, 2.05) is 40.7 Å². The fraction of sp³-hybridized carbons (Fsp3) is 0.381. The molecule has 1 aromatic carbocycles. The maximum absolute atomic E-state index is 13.3. The molecule has 5 nitrogen and oxygen atoms in total. The number of carbonyl (C=O) groups is 1. The van der Waals surface area contributed by atoms with Gasteiger partial charge in [0.05, 0.1) is 0 Å². The molecule has 2 aromatic rings. The van der Waals surface area contributed by atoms with E-state index in [4.69, 9.17) is 0 Å². The number of ketones is 1. The SMILES string of the molecule is C=C(C)CCn1c(C(=O)c2cc(C)cc(C)c2)c(C(C)C)c(=O)[nH]c1=O. The van der Waals surface area contributed by atoms with E-state index in [-0.39, 0.29) is 17.4 Å². The first-order chi connectivity index (χ1) is 12.1. The van der Waals surface area contributed by atoms with Gasteiger partial charge in [-0.1, -0.05) is 36.6 Å². The highest BCUT2D eigenvalue weighted by Crippen LogP contribution is 2.20. The second-order valence-corrected chi connectivity index (χ2v) is 7.24. The number of nitrogens with zero attached hydrogens (tertiary/aromatic N) is 1. The van der Waals surface area contributed by atoms with Crippen molar-refractivity contribution < 1.29 is 4.79 Å². The van der Waals surface area contributed by atoms with Crippen molar-refractivity contribution in [3.8, 4) is 0 Å². The molecule has 138 valence electrons. The molecule has 0 atom stereocenters. The van der Waals surface area contributed by atoms with E-state index in [9.17, 15) is 14.4 Å². The molecule has 26 heavy (non-hydrogen) atoms. The number of benzene rings is 1. The molecule has 0 aliphatic heterocycles. The van der Waals surface area contributed by atoms with Crippen LogP contribution in [0.2, 0.25) is 0 Å². The molecular formula is C21H26N2O3. The van der Waals surface area contributed by atoms with Gasteiger partial charge in [0.15, 0.2) is 0 Å². The molecule has 1 heterocycles. The normalized spacial score (nSPS) is 11.0. The Morgan fingerprint density at radius 1 is 1.15 bits per heavy atom. The minimum absolute atomic E-state index is 0.181. The molecule has 0 amide bonds. The van der Waals surface area contributed by atoms with Gasteiger partial charge >= 0.3 is 5.69 Å². The van der Waals surface area contributed by atoms with Crippen LogP contribution in [0.5, 0.6) is 0 Å². The van der Waals surface area contributed by atoms with Crippen LogP contribution in [-0.2, 0) is 6.54 Å². The monoisotopic (exact) mass is 354 g/mol. The predicted octanol–water partition coefficient (Wildman–Crippen LogP) is 3.47. The second-order valence-electron chi connectivity index (χ2n) is 7.24. The number of rotatable bonds is 6. The van der Waals surface area contributed by atoms with Crippen molar-refractivity contribution in [3.63, 3.8) is 0 Å². The van der Waals surface area contributed by atoms with E-state index in [0.29, 0.717) is 24.1 Å². The van der Waals surface area contributed by atoms with Crippen molar-refractivity contribution in [2.75, 3.05) is 0 Å². The number of nitrogens with one attached hydrogen (secondary N) is 1. The molecule has 0 radical (unpaired) electrons. The van der Waals surface area contributed by atoms with Crippen LogP contribution in [0.25, 0.3) is 0 Å². The molecule has 1 aromatic heterocycles. The lowest BCUT2D eigenvalue weighted by atomic mass is 9.95. The second kappa shape index (κ2) is 7.68. The summed E-state index contributed by atoms with van der Waals surface area (Å²) in [6.07, 6.45) is 0.552. The Hall–Kier alpha value is -2.69. The first kappa shape index (κ1) is 19.6. The molecule has 0 spiro atoms. The molecule has 0 unspecified atom stereocenters. The third-order valence-corrected chi connectivity index (χ3v) is 4.27. The molecule has 0 aliphatic carbocycles. The van der Waals surface area contributed by atoms with E-state index >= 15 is 0 Å². The van der Waals surface area contributed by atoms with Gasteiger partial charge in [-0.15, -0.1) is 6.58 Å². The molecule has 0 saturated carbocycles. The first-order valence-corrected chi connectivity index (χ1v) is 8.76. The van der Waals surface area contributed by atoms with E-state index < -0.39 is 11.2 Å². The summed E-state index contributed by atoms with van der Waals surface area (Å²) < 4.78 is 1.38. The third kappa shape index (κ3) is 4.10. The van der Waals surface area contributed by atoms with Crippen LogP contribution in [0, 0.1) is 13.8 Å². The largest absolute Gasteiger partial charge is 0.328 e. The molecule has 0 fully saturated rings. The zero-order valence-corrected chi connectivity index (χ0v) is 16.1. The van der Waals surface area contributed by atoms with Crippen molar-refractivity contribution in [2.24, 2.45) is 0 Å². The Balaban J connectivity index is 2.77. The Labute approximate surface area is 153 Å². The number of aromatic nitrogens is 2. The zero-order valence-electron chi connectivity index (χ0n) is 16.1. The number of hydrogen-bond acceptors (Lipinski definition) is 3. The predicted molar refractivity (Wildman–Crippen MR) is 104 cm³/mol. The van der Waals surface area contributed by atoms with Crippen molar-refractivity contribution >= 4 is 5.78 Å². The molecule has 0 aliphatic rings. The standard InChI is InChI=1S/C21H26N2O3/c1-12(2)7-8-23-18(17(13(3)4)20(25)22-21(23)26)19(24)16-10-14(5)9-15(6)11-16/h9-11,13H,1,7-8H2,2-6H3,(H,22,25,26). The maximum Gasteiger partial charge on any atom is 0.328 e. The Morgan fingerprint density at radius 3 is 2.23 bits per heavy atom. The van der Waals surface area contributed by atoms with Gasteiger partial charge in [0, 0.05) is 17.7 Å². The quantitative estimate of drug-likeness (QED) is 0.638. The van der Waals surface area contributed by atoms with Crippen LogP contribution in [0.3, 0.4) is 0 Å². The Kier molecular flexibility index (Phi) is 5.80. The minimum Gasteiger partial charge on any atom is -0.289 e. The summed E-state index contributed by atoms with van der Waals surface area (Å²) in [7, 11) is 0. The number of H-pyrrole nitrogens is 1. The van der Waals surface area contributed by atoms with Crippen LogP contribution in [-0.4, -0.2) is 15.3 Å². The van der Waals surface area contributed by atoms with Crippen molar-refractivity contribution in [2.45, 2.75) is 53.5 Å². The van der Waals surface area contributed by atoms with Crippen molar-refractivity contribution in [1.82, 2.24) is 9.55 Å². The van der Waals surface area contributed by atoms with Gasteiger partial charge in [0.1, 0.15) is 5.69 Å². The lowest BCUT2D eigenvalue weighted by Crippen LogP contribution is -2.38. The third-order valence-electron chi connectivity index (χ3n) is 4.27. The van der Waals surface area contributed by atoms with E-state index in [0.717, 1.165) is 16.7 Å². The fourth-order valence-electron chi connectivity index (χ4n) is 3.13. The number of carbonyl (C=O) groups excluding carboxylic acids is 1. The highest BCUT2D eigenvalue weighted by molar-refractivity contribution is 6.09. The van der Waals surface area contributed by atoms with Crippen LogP contribution in [0.15, 0.2) is 39.9 Å². The smallest absolute Gasteiger partial charge is 0.289 e. The summed E-state index contributed by atoms with van der Waals surface area (Å²) in [6, 6.07) is 5.55. The lowest BCUT2D eigenvalue weighted by Gasteiger charge is -2.17. The Bertz CT molecular complexity index is 957. The zero-order chi connectivity index (χ0) is 19.6. The highest BCUT2D eigenvalue weighted by atomic mass is 16.2. The van der Waals surface area contributed by atoms with Crippen LogP contribution >= 0.6 is 0 Å². The maximum atomic E-state index is 13.3. The topological polar surface area (TPSA) is 71.9 Å². The van der Waals surface area contributed by atoms with Crippen LogP contribution < -0.4 is 11.2 Å². The number of aromatic amines is 1. The van der Waals surface area contributed by atoms with Gasteiger partial charge in [-0.2, -0.15) is 0 Å². The van der Waals surface area contributed by atoms with Gasteiger partial charge in [-0.25, -0.2) is 4.79 Å². The highest BCUT2D eigenvalue weighted by Gasteiger charge is 2.24. The number of hydrogen-bond donors (Lipinski definition) is 1. The summed E-state index contributed by atoms with van der Waals surface area (Å²) in [5.41, 5.74) is 2.77. The van der Waals surface area contributed by atoms with Gasteiger partial charge in [-0.3, -0.25) is 19.1 Å². The number of aryl methyl sites for hydroxylation is 2. The lowest BCUT2D eigenvalue weighted by molar-refractivity contribution is 0.102. The van der Waals surface area contributed by atoms with Gasteiger partial charge in [0.25, 0.3) is 5.56 Å². The van der Waals surface area contributed by atoms with E-state index in [2.05, 4.69) is 11.6 Å². The van der Waals surface area contributed by atoms with Crippen molar-refractivity contribution in [1.29, 1.82) is 0 Å². The fourth-order valence-corrected chi connectivity index (χ4v) is 3.13. The Morgan fingerprint density at radius 2 is 1.73 bits per heavy atom. The summed E-state index contributed by atoms with van der Waals surface area (Å²) >= 11 is 0. The van der Waals surface area contributed by atoms with Crippen LogP contribution in [0.1, 0.15) is 65.9 Å². The van der Waals surface area contributed by atoms with E-state index in [1.165, 1.54) is 4.57 Å².